The van der Waals surface area contributed by atoms with Crippen LogP contribution < -0.4 is 0 Å². The summed E-state index contributed by atoms with van der Waals surface area (Å²) in [5, 5.41) is 3.98. The Morgan fingerprint density at radius 3 is 2.82 bits per heavy atom. The number of halogens is 1. The molecule has 11 heavy (non-hydrogen) atoms. The lowest BCUT2D eigenvalue weighted by Crippen LogP contribution is -2.01. The van der Waals surface area contributed by atoms with Gasteiger partial charge in [-0.2, -0.15) is 5.10 Å². The van der Waals surface area contributed by atoms with Gasteiger partial charge in [-0.1, -0.05) is 0 Å². The fourth-order valence-electron chi connectivity index (χ4n) is 0.708. The molecule has 1 aromatic rings. The van der Waals surface area contributed by atoms with Gasteiger partial charge in [0.1, 0.15) is 9.26 Å². The minimum absolute atomic E-state index is 0.345. The highest BCUT2D eigenvalue weighted by Crippen LogP contribution is 2.09. The second-order valence-electron chi connectivity index (χ2n) is 2.00. The van der Waals surface area contributed by atoms with Gasteiger partial charge in [0.15, 0.2) is 0 Å². The van der Waals surface area contributed by atoms with E-state index in [1.54, 1.807) is 17.9 Å². The van der Waals surface area contributed by atoms with E-state index in [0.29, 0.717) is 9.26 Å². The minimum atomic E-state index is -0.345. The molecule has 0 unspecified atom stereocenters. The lowest BCUT2D eigenvalue weighted by atomic mass is 10.4. The Labute approximate surface area is 77.7 Å². The fourth-order valence-corrected chi connectivity index (χ4v) is 1.41. The number of rotatable bonds is 1. The smallest absolute Gasteiger partial charge is 0.342 e. The highest BCUT2D eigenvalue weighted by atomic mass is 127. The Balaban J connectivity index is 3.03. The van der Waals surface area contributed by atoms with Crippen LogP contribution in [0.4, 0.5) is 0 Å². The van der Waals surface area contributed by atoms with Crippen LogP contribution >= 0.6 is 22.6 Å². The predicted molar refractivity (Wildman–Crippen MR) is 47.3 cm³/mol. The molecule has 0 N–H and O–H groups in total. The standard InChI is InChI=1S/C6H7IN2O2/c1-9-3-4(5(7)8-9)6(10)11-2/h3H,1-2H3. The predicted octanol–water partition coefficient (Wildman–Crippen LogP) is 0.811. The topological polar surface area (TPSA) is 44.1 Å². The van der Waals surface area contributed by atoms with E-state index in [9.17, 15) is 4.79 Å². The van der Waals surface area contributed by atoms with Crippen LogP contribution in [0.5, 0.6) is 0 Å². The number of methoxy groups -OCH3 is 1. The van der Waals surface area contributed by atoms with Gasteiger partial charge >= 0.3 is 5.97 Å². The molecule has 4 nitrogen and oxygen atoms in total. The maximum absolute atomic E-state index is 11.0. The van der Waals surface area contributed by atoms with E-state index in [-0.39, 0.29) is 5.97 Å². The first kappa shape index (κ1) is 8.51. The number of nitrogens with zero attached hydrogens (tertiary/aromatic N) is 2. The third-order valence-corrected chi connectivity index (χ3v) is 1.99. The summed E-state index contributed by atoms with van der Waals surface area (Å²) in [5.41, 5.74) is 0.510. The van der Waals surface area contributed by atoms with Crippen molar-refractivity contribution in [3.63, 3.8) is 0 Å². The summed E-state index contributed by atoms with van der Waals surface area (Å²) in [5.74, 6) is -0.345. The summed E-state index contributed by atoms with van der Waals surface area (Å²) < 4.78 is 6.77. The van der Waals surface area contributed by atoms with Crippen molar-refractivity contribution < 1.29 is 9.53 Å². The SMILES string of the molecule is COC(=O)c1cn(C)nc1I. The van der Waals surface area contributed by atoms with E-state index in [1.165, 1.54) is 7.11 Å². The van der Waals surface area contributed by atoms with Gasteiger partial charge in [0, 0.05) is 13.2 Å². The molecule has 0 aliphatic rings. The number of ether oxygens (including phenoxy) is 1. The van der Waals surface area contributed by atoms with Gasteiger partial charge in [-0.25, -0.2) is 4.79 Å². The summed E-state index contributed by atoms with van der Waals surface area (Å²) in [6.07, 6.45) is 1.63. The first-order valence-electron chi connectivity index (χ1n) is 2.92. The van der Waals surface area contributed by atoms with Crippen LogP contribution in [0.2, 0.25) is 0 Å². The molecule has 60 valence electrons. The van der Waals surface area contributed by atoms with E-state index < -0.39 is 0 Å². The molecule has 0 radical (unpaired) electrons. The average molecular weight is 266 g/mol. The number of carbonyl (C=O) groups is 1. The molecule has 0 aromatic carbocycles. The van der Waals surface area contributed by atoms with Gasteiger partial charge < -0.3 is 4.74 Å². The maximum atomic E-state index is 11.0. The van der Waals surface area contributed by atoms with Gasteiger partial charge in [-0.3, -0.25) is 4.68 Å². The van der Waals surface area contributed by atoms with Gasteiger partial charge in [-0.05, 0) is 22.6 Å². The second-order valence-corrected chi connectivity index (χ2v) is 3.02. The molecule has 1 aromatic heterocycles. The van der Waals surface area contributed by atoms with E-state index in [1.807, 2.05) is 22.6 Å². The highest BCUT2D eigenvalue weighted by Gasteiger charge is 2.12. The first-order valence-corrected chi connectivity index (χ1v) is 4.00. The summed E-state index contributed by atoms with van der Waals surface area (Å²) >= 11 is 1.99. The number of aromatic nitrogens is 2. The summed E-state index contributed by atoms with van der Waals surface area (Å²) in [6.45, 7) is 0. The second kappa shape index (κ2) is 3.21. The quantitative estimate of drug-likeness (QED) is 0.558. The normalized spacial score (nSPS) is 9.73. The molecule has 0 fully saturated rings. The number of aryl methyl sites for hydroxylation is 1. The molecule has 5 heteroatoms. The third kappa shape index (κ3) is 1.70. The highest BCUT2D eigenvalue weighted by molar-refractivity contribution is 14.1. The van der Waals surface area contributed by atoms with E-state index >= 15 is 0 Å². The zero-order valence-corrected chi connectivity index (χ0v) is 8.32. The number of hydrogen-bond donors (Lipinski definition) is 0. The molecular formula is C6H7IN2O2. The molecule has 0 atom stereocenters. The van der Waals surface area contributed by atoms with Gasteiger partial charge in [0.2, 0.25) is 0 Å². The third-order valence-electron chi connectivity index (χ3n) is 1.19. The molecule has 0 saturated carbocycles. The molecule has 1 heterocycles. The largest absolute Gasteiger partial charge is 0.465 e. The zero-order chi connectivity index (χ0) is 8.43. The molecule has 0 spiro atoms. The van der Waals surface area contributed by atoms with E-state index in [2.05, 4.69) is 9.84 Å². The number of esters is 1. The van der Waals surface area contributed by atoms with Crippen molar-refractivity contribution in [1.29, 1.82) is 0 Å². The fraction of sp³-hybridized carbons (Fsp3) is 0.333. The lowest BCUT2D eigenvalue weighted by Gasteiger charge is -1.92. The molecule has 0 aliphatic heterocycles. The Kier molecular flexibility index (Phi) is 2.48. The Hall–Kier alpha value is -0.590. The van der Waals surface area contributed by atoms with Crippen LogP contribution in [-0.2, 0) is 11.8 Å². The van der Waals surface area contributed by atoms with Crippen molar-refractivity contribution in [2.45, 2.75) is 0 Å². The van der Waals surface area contributed by atoms with E-state index in [0.717, 1.165) is 0 Å². The van der Waals surface area contributed by atoms with Crippen molar-refractivity contribution in [2.24, 2.45) is 7.05 Å². The Morgan fingerprint density at radius 1 is 1.82 bits per heavy atom. The Bertz CT molecular complexity index is 282. The average Bonchev–Trinajstić information content (AvgIpc) is 2.28. The molecule has 0 bridgehead atoms. The summed E-state index contributed by atoms with van der Waals surface area (Å²) in [4.78, 5) is 11.0. The van der Waals surface area contributed by atoms with Gasteiger partial charge in [-0.15, -0.1) is 0 Å². The zero-order valence-electron chi connectivity index (χ0n) is 6.17. The Morgan fingerprint density at radius 2 is 2.45 bits per heavy atom. The van der Waals surface area contributed by atoms with E-state index in [4.69, 9.17) is 0 Å². The number of hydrogen-bond acceptors (Lipinski definition) is 3. The lowest BCUT2D eigenvalue weighted by molar-refractivity contribution is 0.0599. The molecular weight excluding hydrogens is 259 g/mol. The molecule has 0 amide bonds. The van der Waals surface area contributed by atoms with Gasteiger partial charge in [0.05, 0.1) is 7.11 Å². The molecule has 0 saturated heterocycles. The van der Waals surface area contributed by atoms with Crippen molar-refractivity contribution in [1.82, 2.24) is 9.78 Å². The minimum Gasteiger partial charge on any atom is -0.465 e. The van der Waals surface area contributed by atoms with Crippen molar-refractivity contribution in [3.05, 3.63) is 15.5 Å². The first-order chi connectivity index (χ1) is 5.15. The van der Waals surface area contributed by atoms with Gasteiger partial charge in [0.25, 0.3) is 0 Å². The summed E-state index contributed by atoms with van der Waals surface area (Å²) in [7, 11) is 3.11. The summed E-state index contributed by atoms with van der Waals surface area (Å²) in [6, 6.07) is 0. The van der Waals surface area contributed by atoms with Crippen molar-refractivity contribution in [3.8, 4) is 0 Å². The van der Waals surface area contributed by atoms with Crippen LogP contribution in [0.15, 0.2) is 6.20 Å². The monoisotopic (exact) mass is 266 g/mol. The van der Waals surface area contributed by atoms with Crippen LogP contribution in [0.3, 0.4) is 0 Å². The van der Waals surface area contributed by atoms with Crippen molar-refractivity contribution >= 4 is 28.6 Å². The van der Waals surface area contributed by atoms with Crippen LogP contribution in [0, 0.1) is 3.70 Å². The molecule has 0 aliphatic carbocycles. The molecule has 1 rings (SSSR count). The van der Waals surface area contributed by atoms with Crippen LogP contribution in [-0.4, -0.2) is 22.9 Å². The maximum Gasteiger partial charge on any atom is 0.342 e. The van der Waals surface area contributed by atoms with Crippen molar-refractivity contribution in [2.75, 3.05) is 7.11 Å². The number of carbonyl (C=O) groups excluding carboxylic acids is 1. The van der Waals surface area contributed by atoms with Crippen LogP contribution in [0.25, 0.3) is 0 Å². The van der Waals surface area contributed by atoms with Crippen LogP contribution in [0.1, 0.15) is 10.4 Å².